The Morgan fingerprint density at radius 1 is 0.960 bits per heavy atom. The molecule has 0 aliphatic rings. The SMILES string of the molecule is O=C(COc1ccccc1)Nc1ccc(Nc2cccc(F)c2)nn1. The van der Waals surface area contributed by atoms with Gasteiger partial charge in [-0.15, -0.1) is 10.2 Å². The van der Waals surface area contributed by atoms with Gasteiger partial charge in [0.1, 0.15) is 11.6 Å². The van der Waals surface area contributed by atoms with E-state index in [0.29, 0.717) is 23.1 Å². The first-order chi connectivity index (χ1) is 12.2. The number of hydrogen-bond acceptors (Lipinski definition) is 5. The summed E-state index contributed by atoms with van der Waals surface area (Å²) >= 11 is 0. The van der Waals surface area contributed by atoms with Gasteiger partial charge in [0.2, 0.25) is 0 Å². The molecule has 0 atom stereocenters. The van der Waals surface area contributed by atoms with E-state index in [1.807, 2.05) is 18.2 Å². The first-order valence-corrected chi connectivity index (χ1v) is 7.53. The van der Waals surface area contributed by atoms with Gasteiger partial charge in [0.25, 0.3) is 5.91 Å². The molecule has 6 nitrogen and oxygen atoms in total. The van der Waals surface area contributed by atoms with Gasteiger partial charge in [-0.2, -0.15) is 0 Å². The monoisotopic (exact) mass is 338 g/mol. The molecule has 1 aromatic heterocycles. The van der Waals surface area contributed by atoms with Crippen molar-refractivity contribution in [3.8, 4) is 5.75 Å². The minimum Gasteiger partial charge on any atom is -0.484 e. The highest BCUT2D eigenvalue weighted by molar-refractivity contribution is 5.90. The second-order valence-electron chi connectivity index (χ2n) is 5.09. The van der Waals surface area contributed by atoms with Crippen molar-refractivity contribution in [3.63, 3.8) is 0 Å². The first-order valence-electron chi connectivity index (χ1n) is 7.53. The third-order valence-corrected chi connectivity index (χ3v) is 3.14. The fraction of sp³-hybridized carbons (Fsp3) is 0.0556. The lowest BCUT2D eigenvalue weighted by Crippen LogP contribution is -2.21. The summed E-state index contributed by atoms with van der Waals surface area (Å²) in [6.45, 7) is -0.130. The molecule has 2 aromatic carbocycles. The summed E-state index contributed by atoms with van der Waals surface area (Å²) in [6, 6.07) is 18.3. The molecule has 1 amide bonds. The van der Waals surface area contributed by atoms with Crippen LogP contribution in [0.4, 0.5) is 21.7 Å². The van der Waals surface area contributed by atoms with Crippen molar-refractivity contribution in [2.45, 2.75) is 0 Å². The molecule has 0 saturated carbocycles. The van der Waals surface area contributed by atoms with Crippen molar-refractivity contribution in [2.24, 2.45) is 0 Å². The molecule has 0 aliphatic carbocycles. The maximum absolute atomic E-state index is 13.1. The third kappa shape index (κ3) is 5.00. The Balaban J connectivity index is 1.52. The van der Waals surface area contributed by atoms with Crippen LogP contribution in [0.5, 0.6) is 5.75 Å². The molecule has 7 heteroatoms. The summed E-state index contributed by atoms with van der Waals surface area (Å²) in [5, 5.41) is 13.3. The predicted molar refractivity (Wildman–Crippen MR) is 92.3 cm³/mol. The van der Waals surface area contributed by atoms with E-state index in [4.69, 9.17) is 4.74 Å². The molecule has 0 spiro atoms. The third-order valence-electron chi connectivity index (χ3n) is 3.14. The molecule has 0 radical (unpaired) electrons. The van der Waals surface area contributed by atoms with Crippen molar-refractivity contribution in [3.05, 3.63) is 72.5 Å². The normalized spacial score (nSPS) is 10.1. The topological polar surface area (TPSA) is 76.1 Å². The lowest BCUT2D eigenvalue weighted by Gasteiger charge is -2.08. The lowest BCUT2D eigenvalue weighted by atomic mass is 10.3. The molecule has 2 N–H and O–H groups in total. The number of rotatable bonds is 6. The fourth-order valence-electron chi connectivity index (χ4n) is 2.02. The average molecular weight is 338 g/mol. The lowest BCUT2D eigenvalue weighted by molar-refractivity contribution is -0.118. The Morgan fingerprint density at radius 2 is 1.72 bits per heavy atom. The van der Waals surface area contributed by atoms with Crippen LogP contribution < -0.4 is 15.4 Å². The predicted octanol–water partition coefficient (Wildman–Crippen LogP) is 3.38. The highest BCUT2D eigenvalue weighted by Crippen LogP contribution is 2.15. The zero-order chi connectivity index (χ0) is 17.5. The standard InChI is InChI=1S/C18H15FN4O2/c19-13-5-4-6-14(11-13)20-16-9-10-17(23-22-16)21-18(24)12-25-15-7-2-1-3-8-15/h1-11H,12H2,(H,20,22)(H,21,23,24). The van der Waals surface area contributed by atoms with E-state index >= 15 is 0 Å². The number of benzene rings is 2. The minimum absolute atomic E-state index is 0.130. The highest BCUT2D eigenvalue weighted by atomic mass is 19.1. The maximum atomic E-state index is 13.1. The molecule has 1 heterocycles. The van der Waals surface area contributed by atoms with Crippen molar-refractivity contribution in [1.82, 2.24) is 10.2 Å². The number of nitrogens with one attached hydrogen (secondary N) is 2. The summed E-state index contributed by atoms with van der Waals surface area (Å²) < 4.78 is 18.5. The van der Waals surface area contributed by atoms with Gasteiger partial charge in [0.15, 0.2) is 18.2 Å². The van der Waals surface area contributed by atoms with Gasteiger partial charge < -0.3 is 15.4 Å². The number of halogens is 1. The van der Waals surface area contributed by atoms with Crippen LogP contribution in [0.15, 0.2) is 66.7 Å². The Morgan fingerprint density at radius 3 is 2.44 bits per heavy atom. The van der Waals surface area contributed by atoms with Crippen LogP contribution in [0, 0.1) is 5.82 Å². The Bertz CT molecular complexity index is 841. The van der Waals surface area contributed by atoms with Crippen LogP contribution in [-0.2, 0) is 4.79 Å². The number of ether oxygens (including phenoxy) is 1. The van der Waals surface area contributed by atoms with E-state index < -0.39 is 0 Å². The van der Waals surface area contributed by atoms with Crippen LogP contribution in [0.1, 0.15) is 0 Å². The summed E-state index contributed by atoms with van der Waals surface area (Å²) in [5.74, 6) is 0.651. The van der Waals surface area contributed by atoms with Crippen LogP contribution in [0.25, 0.3) is 0 Å². The van der Waals surface area contributed by atoms with Crippen molar-refractivity contribution in [2.75, 3.05) is 17.2 Å². The fourth-order valence-corrected chi connectivity index (χ4v) is 2.02. The van der Waals surface area contributed by atoms with Crippen LogP contribution in [0.3, 0.4) is 0 Å². The minimum atomic E-state index is -0.347. The molecule has 126 valence electrons. The number of carbonyl (C=O) groups excluding carboxylic acids is 1. The number of carbonyl (C=O) groups is 1. The van der Waals surface area contributed by atoms with Gasteiger partial charge in [-0.3, -0.25) is 4.79 Å². The number of aromatic nitrogens is 2. The van der Waals surface area contributed by atoms with Gasteiger partial charge in [0, 0.05) is 5.69 Å². The van der Waals surface area contributed by atoms with E-state index in [-0.39, 0.29) is 18.3 Å². The van der Waals surface area contributed by atoms with Gasteiger partial charge in [-0.25, -0.2) is 4.39 Å². The van der Waals surface area contributed by atoms with E-state index in [1.165, 1.54) is 12.1 Å². The van der Waals surface area contributed by atoms with Crippen LogP contribution >= 0.6 is 0 Å². The summed E-state index contributed by atoms with van der Waals surface area (Å²) in [4.78, 5) is 11.8. The molecular weight excluding hydrogens is 323 g/mol. The molecule has 3 rings (SSSR count). The van der Waals surface area contributed by atoms with Gasteiger partial charge in [-0.05, 0) is 42.5 Å². The van der Waals surface area contributed by atoms with Crippen molar-refractivity contribution < 1.29 is 13.9 Å². The molecule has 0 unspecified atom stereocenters. The largest absolute Gasteiger partial charge is 0.484 e. The molecule has 3 aromatic rings. The van der Waals surface area contributed by atoms with E-state index in [0.717, 1.165) is 0 Å². The molecule has 0 aliphatic heterocycles. The molecule has 0 bridgehead atoms. The highest BCUT2D eigenvalue weighted by Gasteiger charge is 2.06. The number of hydrogen-bond donors (Lipinski definition) is 2. The van der Waals surface area contributed by atoms with Gasteiger partial charge >= 0.3 is 0 Å². The summed E-state index contributed by atoms with van der Waals surface area (Å²) in [5.41, 5.74) is 0.558. The summed E-state index contributed by atoms with van der Waals surface area (Å²) in [7, 11) is 0. The second-order valence-corrected chi connectivity index (χ2v) is 5.09. The Kier molecular flexibility index (Phi) is 5.16. The zero-order valence-corrected chi connectivity index (χ0v) is 13.1. The molecule has 0 saturated heterocycles. The number of para-hydroxylation sites is 1. The first kappa shape index (κ1) is 16.4. The Labute approximate surface area is 143 Å². The number of anilines is 3. The second kappa shape index (κ2) is 7.87. The quantitative estimate of drug-likeness (QED) is 0.721. The molecular formula is C18H15FN4O2. The van der Waals surface area contributed by atoms with E-state index in [2.05, 4.69) is 20.8 Å². The molecule has 0 fully saturated rings. The van der Waals surface area contributed by atoms with Crippen molar-refractivity contribution >= 4 is 23.2 Å². The average Bonchev–Trinajstić information content (AvgIpc) is 2.63. The van der Waals surface area contributed by atoms with E-state index in [9.17, 15) is 9.18 Å². The number of nitrogens with zero attached hydrogens (tertiary/aromatic N) is 2. The maximum Gasteiger partial charge on any atom is 0.263 e. The summed E-state index contributed by atoms with van der Waals surface area (Å²) in [6.07, 6.45) is 0. The molecule has 25 heavy (non-hydrogen) atoms. The van der Waals surface area contributed by atoms with E-state index in [1.54, 1.807) is 36.4 Å². The zero-order valence-electron chi connectivity index (χ0n) is 13.1. The van der Waals surface area contributed by atoms with Crippen LogP contribution in [0.2, 0.25) is 0 Å². The number of amides is 1. The van der Waals surface area contributed by atoms with Gasteiger partial charge in [0.05, 0.1) is 0 Å². The Hall–Kier alpha value is -3.48. The smallest absolute Gasteiger partial charge is 0.263 e. The van der Waals surface area contributed by atoms with Crippen LogP contribution in [-0.4, -0.2) is 22.7 Å². The van der Waals surface area contributed by atoms with Crippen molar-refractivity contribution in [1.29, 1.82) is 0 Å². The van der Waals surface area contributed by atoms with Gasteiger partial charge in [-0.1, -0.05) is 24.3 Å².